The largest absolute Gasteiger partial charge is 0.857 e. The number of quaternary nitrogens is 1. The van der Waals surface area contributed by atoms with Crippen LogP contribution in [0.4, 0.5) is 5.69 Å². The number of halogens is 1. The molecule has 0 saturated heterocycles. The van der Waals surface area contributed by atoms with Gasteiger partial charge in [-0.25, -0.2) is 0 Å². The Morgan fingerprint density at radius 2 is 1.95 bits per heavy atom. The third kappa shape index (κ3) is 6.26. The lowest BCUT2D eigenvalue weighted by Crippen LogP contribution is -2.43. The Labute approximate surface area is 123 Å². The molecule has 0 amide bonds. The van der Waals surface area contributed by atoms with Gasteiger partial charge in [0.15, 0.2) is 0 Å². The minimum absolute atomic E-state index is 0. The molecule has 0 heterocycles. The van der Waals surface area contributed by atoms with E-state index in [0.29, 0.717) is 10.0 Å². The molecule has 0 aliphatic heterocycles. The Bertz CT molecular complexity index is 524. The van der Waals surface area contributed by atoms with Gasteiger partial charge in [-0.05, 0) is 6.07 Å². The lowest BCUT2D eigenvalue weighted by Gasteiger charge is -2.25. The fourth-order valence-corrected chi connectivity index (χ4v) is 1.36. The summed E-state index contributed by atoms with van der Waals surface area (Å²) in [5.41, 5.74) is 0.245. The fourth-order valence-electron chi connectivity index (χ4n) is 1.36. The highest BCUT2D eigenvalue weighted by Gasteiger charge is 2.09. The van der Waals surface area contributed by atoms with E-state index in [9.17, 15) is 15.2 Å². The minimum Gasteiger partial charge on any atom is -0.857 e. The smallest absolute Gasteiger partial charge is 0.278 e. The third-order valence-corrected chi connectivity index (χ3v) is 2.11. The minimum atomic E-state index is -0.505. The maximum Gasteiger partial charge on any atom is 0.278 e. The predicted octanol–water partition coefficient (Wildman–Crippen LogP) is 0.816. The van der Waals surface area contributed by atoms with Crippen LogP contribution < -0.4 is 5.11 Å². The number of nitrogens with zero attached hydrogens (tertiary/aromatic N) is 4. The first-order valence-electron chi connectivity index (χ1n) is 5.60. The Morgan fingerprint density at radius 1 is 1.35 bits per heavy atom. The van der Waals surface area contributed by atoms with Gasteiger partial charge in [0.2, 0.25) is 0 Å². The van der Waals surface area contributed by atoms with Crippen molar-refractivity contribution in [2.24, 2.45) is 10.2 Å². The SMILES string of the molecule is C[N+](C)(C)C/C([O-])=N/N=C\c1ccccc1[N+](=O)[O-].Cl. The molecule has 0 aliphatic rings. The molecule has 8 heteroatoms. The highest BCUT2D eigenvalue weighted by molar-refractivity contribution is 5.86. The van der Waals surface area contributed by atoms with Crippen molar-refractivity contribution in [2.45, 2.75) is 0 Å². The monoisotopic (exact) mass is 300 g/mol. The topological polar surface area (TPSA) is 90.9 Å². The van der Waals surface area contributed by atoms with E-state index in [1.54, 1.807) is 18.2 Å². The van der Waals surface area contributed by atoms with Crippen molar-refractivity contribution in [3.8, 4) is 0 Å². The molecule has 20 heavy (non-hydrogen) atoms. The first-order valence-corrected chi connectivity index (χ1v) is 5.60. The first-order chi connectivity index (χ1) is 8.79. The molecule has 0 saturated carbocycles. The predicted molar refractivity (Wildman–Crippen MR) is 78.3 cm³/mol. The van der Waals surface area contributed by atoms with Crippen LogP contribution in [0.25, 0.3) is 0 Å². The van der Waals surface area contributed by atoms with E-state index < -0.39 is 4.92 Å². The highest BCUT2D eigenvalue weighted by Crippen LogP contribution is 2.15. The number of nitro benzene ring substituents is 1. The van der Waals surface area contributed by atoms with Crippen LogP contribution in [0.5, 0.6) is 0 Å². The van der Waals surface area contributed by atoms with Gasteiger partial charge in [-0.15, -0.1) is 12.4 Å². The van der Waals surface area contributed by atoms with Gasteiger partial charge in [-0.3, -0.25) is 10.1 Å². The Balaban J connectivity index is 0.00000361. The zero-order valence-corrected chi connectivity index (χ0v) is 12.3. The van der Waals surface area contributed by atoms with Crippen LogP contribution in [0.3, 0.4) is 0 Å². The molecule has 7 nitrogen and oxygen atoms in total. The van der Waals surface area contributed by atoms with Gasteiger partial charge in [0.1, 0.15) is 6.54 Å². The average Bonchev–Trinajstić information content (AvgIpc) is 2.27. The van der Waals surface area contributed by atoms with Gasteiger partial charge in [-0.2, -0.15) is 10.2 Å². The zero-order valence-electron chi connectivity index (χ0n) is 11.5. The number of hydrogen-bond donors (Lipinski definition) is 0. The van der Waals surface area contributed by atoms with Crippen LogP contribution in [-0.2, 0) is 0 Å². The lowest BCUT2D eigenvalue weighted by molar-refractivity contribution is -0.863. The normalized spacial score (nSPS) is 12.2. The summed E-state index contributed by atoms with van der Waals surface area (Å²) in [5, 5.41) is 29.3. The molecule has 0 aromatic heterocycles. The number of benzene rings is 1. The second-order valence-corrected chi connectivity index (χ2v) is 5.00. The molecule has 0 aliphatic carbocycles. The maximum absolute atomic E-state index is 11.4. The van der Waals surface area contributed by atoms with Crippen LogP contribution in [0.2, 0.25) is 0 Å². The zero-order chi connectivity index (χ0) is 14.5. The Hall–Kier alpha value is -1.99. The standard InChI is InChI=1S/C12H16N4O3.ClH/c1-16(2,3)9-12(17)14-13-8-10-6-4-5-7-11(10)15(18)19;/h4-8H,9H2,1-3H3;1H/b13-8-;. The van der Waals surface area contributed by atoms with E-state index in [4.69, 9.17) is 0 Å². The summed E-state index contributed by atoms with van der Waals surface area (Å²) >= 11 is 0. The molecule has 1 rings (SSSR count). The van der Waals surface area contributed by atoms with Crippen molar-refractivity contribution in [3.05, 3.63) is 39.9 Å². The van der Waals surface area contributed by atoms with E-state index in [1.165, 1.54) is 12.3 Å². The third-order valence-electron chi connectivity index (χ3n) is 2.11. The molecule has 0 fully saturated rings. The van der Waals surface area contributed by atoms with E-state index in [1.807, 2.05) is 21.1 Å². The average molecular weight is 301 g/mol. The second-order valence-electron chi connectivity index (χ2n) is 5.00. The van der Waals surface area contributed by atoms with E-state index in [0.717, 1.165) is 0 Å². The Morgan fingerprint density at radius 3 is 2.50 bits per heavy atom. The molecule has 0 spiro atoms. The molecule has 1 aromatic carbocycles. The first kappa shape index (κ1) is 18.0. The highest BCUT2D eigenvalue weighted by atomic mass is 35.5. The number of rotatable bonds is 5. The van der Waals surface area contributed by atoms with Gasteiger partial charge in [0.05, 0.1) is 37.8 Å². The van der Waals surface area contributed by atoms with Gasteiger partial charge < -0.3 is 9.59 Å². The van der Waals surface area contributed by atoms with Crippen molar-refractivity contribution in [3.63, 3.8) is 0 Å². The van der Waals surface area contributed by atoms with Crippen molar-refractivity contribution >= 4 is 30.2 Å². The molecular weight excluding hydrogens is 284 g/mol. The molecule has 0 radical (unpaired) electrons. The van der Waals surface area contributed by atoms with Gasteiger partial charge in [-0.1, -0.05) is 12.1 Å². The van der Waals surface area contributed by atoms with Crippen molar-refractivity contribution in [1.82, 2.24) is 0 Å². The van der Waals surface area contributed by atoms with Gasteiger partial charge >= 0.3 is 0 Å². The molecule has 1 aromatic rings. The van der Waals surface area contributed by atoms with Gasteiger partial charge in [0.25, 0.3) is 5.69 Å². The molecular formula is C12H17ClN4O3. The van der Waals surface area contributed by atoms with Gasteiger partial charge in [0, 0.05) is 12.0 Å². The number of para-hydroxylation sites is 1. The van der Waals surface area contributed by atoms with E-state index in [-0.39, 0.29) is 30.5 Å². The van der Waals surface area contributed by atoms with Crippen molar-refractivity contribution in [1.29, 1.82) is 0 Å². The van der Waals surface area contributed by atoms with Crippen molar-refractivity contribution < 1.29 is 14.5 Å². The van der Waals surface area contributed by atoms with Crippen LogP contribution in [0.15, 0.2) is 34.5 Å². The second kappa shape index (κ2) is 7.56. The summed E-state index contributed by atoms with van der Waals surface area (Å²) in [6, 6.07) is 6.13. The Kier molecular flexibility index (Phi) is 6.81. The maximum atomic E-state index is 11.4. The number of hydrogen-bond acceptors (Lipinski definition) is 5. The van der Waals surface area contributed by atoms with Crippen LogP contribution in [-0.4, -0.2) is 49.2 Å². The van der Waals surface area contributed by atoms with E-state index in [2.05, 4.69) is 10.2 Å². The summed E-state index contributed by atoms with van der Waals surface area (Å²) in [5.74, 6) is -0.373. The summed E-state index contributed by atoms with van der Waals surface area (Å²) in [7, 11) is 5.58. The fraction of sp³-hybridized carbons (Fsp3) is 0.333. The quantitative estimate of drug-likeness (QED) is 0.265. The number of likely N-dealkylation sites (N-methyl/N-ethyl adjacent to an activating group) is 1. The lowest BCUT2D eigenvalue weighted by atomic mass is 10.2. The van der Waals surface area contributed by atoms with Crippen LogP contribution >= 0.6 is 12.4 Å². The summed E-state index contributed by atoms with van der Waals surface area (Å²) < 4.78 is 0.448. The molecule has 0 unspecified atom stereocenters. The van der Waals surface area contributed by atoms with E-state index >= 15 is 0 Å². The molecule has 0 N–H and O–H groups in total. The van der Waals surface area contributed by atoms with Crippen molar-refractivity contribution in [2.75, 3.05) is 27.7 Å². The summed E-state index contributed by atoms with van der Waals surface area (Å²) in [4.78, 5) is 10.2. The van der Waals surface area contributed by atoms with Crippen LogP contribution in [0.1, 0.15) is 5.56 Å². The molecule has 0 bridgehead atoms. The molecule has 0 atom stereocenters. The number of nitro groups is 1. The summed E-state index contributed by atoms with van der Waals surface area (Å²) in [6.07, 6.45) is 1.21. The molecule has 110 valence electrons. The summed E-state index contributed by atoms with van der Waals surface area (Å²) in [6.45, 7) is 0.216. The van der Waals surface area contributed by atoms with Crippen LogP contribution in [0, 0.1) is 10.1 Å².